The van der Waals surface area contributed by atoms with Gasteiger partial charge in [0, 0.05) is 11.1 Å². The summed E-state index contributed by atoms with van der Waals surface area (Å²) in [6.07, 6.45) is 0. The van der Waals surface area contributed by atoms with Gasteiger partial charge in [-0.1, -0.05) is 60.1 Å². The Morgan fingerprint density at radius 3 is 2.39 bits per heavy atom. The van der Waals surface area contributed by atoms with Gasteiger partial charge in [0.05, 0.1) is 21.8 Å². The Labute approximate surface area is 210 Å². The minimum absolute atomic E-state index is 0.147. The fourth-order valence-corrected chi connectivity index (χ4v) is 4.17. The number of hydrogen-bond acceptors (Lipinski definition) is 5. The molecule has 178 valence electrons. The van der Waals surface area contributed by atoms with Gasteiger partial charge in [-0.3, -0.25) is 4.79 Å². The second-order valence-corrected chi connectivity index (χ2v) is 8.51. The Kier molecular flexibility index (Phi) is 5.87. The topological polar surface area (TPSA) is 131 Å². The number of nitrogens with two attached hydrogens (primary N) is 1. The zero-order chi connectivity index (χ0) is 25.4. The first kappa shape index (κ1) is 23.1. The Hall–Kier alpha value is -4.69. The van der Waals surface area contributed by atoms with Crippen LogP contribution in [0.1, 0.15) is 26.3 Å². The molecule has 5 rings (SSSR count). The van der Waals surface area contributed by atoms with Crippen molar-refractivity contribution in [2.75, 3.05) is 0 Å². The second kappa shape index (κ2) is 9.16. The molecule has 2 aromatic heterocycles. The van der Waals surface area contributed by atoms with Gasteiger partial charge in [0.1, 0.15) is 5.75 Å². The number of carboxylic acids is 1. The first-order chi connectivity index (χ1) is 17.3. The predicted octanol–water partition coefficient (Wildman–Crippen LogP) is 5.84. The van der Waals surface area contributed by atoms with Crippen molar-refractivity contribution in [3.8, 4) is 34.1 Å². The van der Waals surface area contributed by atoms with Crippen LogP contribution in [0.15, 0.2) is 72.8 Å². The third-order valence-electron chi connectivity index (χ3n) is 5.72. The summed E-state index contributed by atoms with van der Waals surface area (Å²) in [5, 5.41) is 9.74. The number of aromatic amines is 1. The molecular weight excluding hydrogens is 480 g/mol. The lowest BCUT2D eigenvalue weighted by Gasteiger charge is -2.08. The molecule has 5 aromatic rings. The summed E-state index contributed by atoms with van der Waals surface area (Å²) in [7, 11) is 0. The maximum absolute atomic E-state index is 11.8. The van der Waals surface area contributed by atoms with Crippen LogP contribution in [0.25, 0.3) is 33.5 Å². The SMILES string of the molecule is Cc1ccc(Oc2nc3nc(-c4ccc(-c5ccccc5C(N)=O)cc4)c(Cl)cc3[nH]2)cc1C(=O)O. The molecule has 0 radical (unpaired) electrons. The lowest BCUT2D eigenvalue weighted by molar-refractivity contribution is 0.0695. The third-order valence-corrected chi connectivity index (χ3v) is 6.01. The molecule has 2 heterocycles. The van der Waals surface area contributed by atoms with Crippen molar-refractivity contribution < 1.29 is 19.4 Å². The molecule has 0 aliphatic rings. The first-order valence-corrected chi connectivity index (χ1v) is 11.3. The number of aromatic carboxylic acids is 1. The van der Waals surface area contributed by atoms with Gasteiger partial charge in [0.25, 0.3) is 0 Å². The number of aromatic nitrogens is 3. The molecule has 0 fully saturated rings. The van der Waals surface area contributed by atoms with E-state index in [4.69, 9.17) is 22.1 Å². The molecule has 0 aliphatic carbocycles. The number of rotatable bonds is 6. The fraction of sp³-hybridized carbons (Fsp3) is 0.0370. The maximum Gasteiger partial charge on any atom is 0.336 e. The minimum Gasteiger partial charge on any atom is -0.478 e. The van der Waals surface area contributed by atoms with Crippen LogP contribution in [0.3, 0.4) is 0 Å². The smallest absolute Gasteiger partial charge is 0.336 e. The van der Waals surface area contributed by atoms with Crippen LogP contribution in [0.4, 0.5) is 0 Å². The number of benzene rings is 3. The fourth-order valence-electron chi connectivity index (χ4n) is 3.91. The summed E-state index contributed by atoms with van der Waals surface area (Å²) in [6, 6.07) is 21.2. The molecule has 0 spiro atoms. The molecule has 9 heteroatoms. The number of carboxylic acid groups (broad SMARTS) is 1. The number of carbonyl (C=O) groups excluding carboxylic acids is 1. The number of ether oxygens (including phenoxy) is 1. The van der Waals surface area contributed by atoms with Gasteiger partial charge in [-0.25, -0.2) is 9.78 Å². The molecule has 8 nitrogen and oxygen atoms in total. The summed E-state index contributed by atoms with van der Waals surface area (Å²) in [4.78, 5) is 35.2. The molecule has 0 bridgehead atoms. The number of primary amides is 1. The highest BCUT2D eigenvalue weighted by Gasteiger charge is 2.15. The van der Waals surface area contributed by atoms with Gasteiger partial charge in [0.2, 0.25) is 5.91 Å². The van der Waals surface area contributed by atoms with Gasteiger partial charge >= 0.3 is 12.0 Å². The average Bonchev–Trinajstić information content (AvgIpc) is 3.25. The van der Waals surface area contributed by atoms with E-state index in [0.717, 1.165) is 16.7 Å². The van der Waals surface area contributed by atoms with Crippen molar-refractivity contribution in [3.63, 3.8) is 0 Å². The zero-order valence-corrected chi connectivity index (χ0v) is 19.7. The maximum atomic E-state index is 11.8. The van der Waals surface area contributed by atoms with Crippen molar-refractivity contribution in [3.05, 3.63) is 94.5 Å². The molecule has 0 aliphatic heterocycles. The van der Waals surface area contributed by atoms with E-state index in [2.05, 4.69) is 15.0 Å². The molecule has 0 unspecified atom stereocenters. The highest BCUT2D eigenvalue weighted by molar-refractivity contribution is 6.33. The largest absolute Gasteiger partial charge is 0.478 e. The van der Waals surface area contributed by atoms with E-state index in [9.17, 15) is 14.7 Å². The quantitative estimate of drug-likeness (QED) is 0.269. The minimum atomic E-state index is -1.04. The summed E-state index contributed by atoms with van der Waals surface area (Å²) < 4.78 is 5.74. The Balaban J connectivity index is 1.45. The number of halogens is 1. The predicted molar refractivity (Wildman–Crippen MR) is 137 cm³/mol. The normalized spacial score (nSPS) is 10.9. The highest BCUT2D eigenvalue weighted by Crippen LogP contribution is 2.32. The van der Waals surface area contributed by atoms with E-state index in [1.807, 2.05) is 36.4 Å². The number of aryl methyl sites for hydroxylation is 1. The van der Waals surface area contributed by atoms with Gasteiger partial charge < -0.3 is 20.6 Å². The van der Waals surface area contributed by atoms with Gasteiger partial charge in [-0.15, -0.1) is 0 Å². The van der Waals surface area contributed by atoms with Crippen LogP contribution in [0.5, 0.6) is 11.8 Å². The van der Waals surface area contributed by atoms with Gasteiger partial charge in [-0.2, -0.15) is 4.98 Å². The Morgan fingerprint density at radius 1 is 0.944 bits per heavy atom. The van der Waals surface area contributed by atoms with Crippen LogP contribution in [-0.4, -0.2) is 31.9 Å². The van der Waals surface area contributed by atoms with Crippen LogP contribution in [-0.2, 0) is 0 Å². The zero-order valence-electron chi connectivity index (χ0n) is 18.9. The van der Waals surface area contributed by atoms with Crippen LogP contribution >= 0.6 is 11.6 Å². The standard InChI is InChI=1S/C27H19ClN4O4/c1-14-6-11-17(12-20(14)26(34)35)36-27-30-22-13-21(28)23(31-25(22)32-27)16-9-7-15(8-10-16)18-4-2-3-5-19(18)24(29)33/h2-13H,1H3,(H2,29,33)(H,34,35)(H,30,31,32). The van der Waals surface area contributed by atoms with E-state index in [-0.39, 0.29) is 11.6 Å². The molecule has 0 saturated heterocycles. The third kappa shape index (κ3) is 4.37. The summed E-state index contributed by atoms with van der Waals surface area (Å²) in [5.41, 5.74) is 10.5. The molecule has 1 amide bonds. The Morgan fingerprint density at radius 2 is 1.67 bits per heavy atom. The lowest BCUT2D eigenvalue weighted by atomic mass is 9.98. The Bertz CT molecular complexity index is 1640. The summed E-state index contributed by atoms with van der Waals surface area (Å²) in [6.45, 7) is 1.71. The van der Waals surface area contributed by atoms with Crippen molar-refractivity contribution >= 4 is 34.6 Å². The molecule has 4 N–H and O–H groups in total. The molecule has 0 saturated carbocycles. The van der Waals surface area contributed by atoms with E-state index >= 15 is 0 Å². The molecule has 3 aromatic carbocycles. The van der Waals surface area contributed by atoms with E-state index < -0.39 is 11.9 Å². The molecule has 0 atom stereocenters. The number of nitrogens with one attached hydrogen (secondary N) is 1. The van der Waals surface area contributed by atoms with E-state index in [0.29, 0.717) is 38.8 Å². The van der Waals surface area contributed by atoms with Crippen molar-refractivity contribution in [1.82, 2.24) is 15.0 Å². The van der Waals surface area contributed by atoms with Crippen LogP contribution < -0.4 is 10.5 Å². The van der Waals surface area contributed by atoms with E-state index in [1.165, 1.54) is 6.07 Å². The molecular formula is C27H19ClN4O4. The van der Waals surface area contributed by atoms with Crippen LogP contribution in [0, 0.1) is 6.92 Å². The van der Waals surface area contributed by atoms with Crippen LogP contribution in [0.2, 0.25) is 5.02 Å². The monoisotopic (exact) mass is 498 g/mol. The van der Waals surface area contributed by atoms with Gasteiger partial charge in [0.15, 0.2) is 5.65 Å². The summed E-state index contributed by atoms with van der Waals surface area (Å²) in [5.74, 6) is -1.20. The molecule has 36 heavy (non-hydrogen) atoms. The van der Waals surface area contributed by atoms with E-state index in [1.54, 1.807) is 37.3 Å². The first-order valence-electron chi connectivity index (χ1n) is 10.9. The number of carbonyl (C=O) groups is 2. The lowest BCUT2D eigenvalue weighted by Crippen LogP contribution is -2.12. The number of hydrogen-bond donors (Lipinski definition) is 3. The van der Waals surface area contributed by atoms with Crippen molar-refractivity contribution in [2.24, 2.45) is 5.73 Å². The number of nitrogens with zero attached hydrogens (tertiary/aromatic N) is 2. The average molecular weight is 499 g/mol. The number of amides is 1. The summed E-state index contributed by atoms with van der Waals surface area (Å²) >= 11 is 6.53. The van der Waals surface area contributed by atoms with Crippen molar-refractivity contribution in [2.45, 2.75) is 6.92 Å². The number of H-pyrrole nitrogens is 1. The number of fused-ring (bicyclic) bond motifs is 1. The van der Waals surface area contributed by atoms with Crippen molar-refractivity contribution in [1.29, 1.82) is 0 Å². The second-order valence-electron chi connectivity index (χ2n) is 8.10. The number of imidazole rings is 1. The van der Waals surface area contributed by atoms with Gasteiger partial charge in [-0.05, 0) is 47.9 Å². The highest BCUT2D eigenvalue weighted by atomic mass is 35.5. The number of pyridine rings is 1.